The van der Waals surface area contributed by atoms with E-state index in [2.05, 4.69) is 47.0 Å². The topological polar surface area (TPSA) is 24.9 Å². The van der Waals surface area contributed by atoms with Gasteiger partial charge in [0.1, 0.15) is 0 Å². The van der Waals surface area contributed by atoms with E-state index in [0.29, 0.717) is 6.04 Å². The van der Waals surface area contributed by atoms with Crippen LogP contribution >= 0.6 is 34.0 Å². The number of thiazole rings is 1. The van der Waals surface area contributed by atoms with Crippen molar-refractivity contribution >= 4 is 43.4 Å². The highest BCUT2D eigenvalue weighted by Crippen LogP contribution is 2.34. The van der Waals surface area contributed by atoms with E-state index in [4.69, 9.17) is 0 Å². The van der Waals surface area contributed by atoms with Gasteiger partial charge in [-0.15, -0.1) is 34.0 Å². The Morgan fingerprint density at radius 2 is 2.21 bits per heavy atom. The SMILES string of the molecule is CCNC(Cc1nc(C)cs1)c1cc2sccc2s1. The molecule has 3 heterocycles. The van der Waals surface area contributed by atoms with Crippen molar-refractivity contribution in [1.29, 1.82) is 0 Å². The Morgan fingerprint density at radius 3 is 2.89 bits per heavy atom. The maximum Gasteiger partial charge on any atom is 0.0947 e. The van der Waals surface area contributed by atoms with Gasteiger partial charge in [-0.25, -0.2) is 4.98 Å². The molecule has 0 fully saturated rings. The summed E-state index contributed by atoms with van der Waals surface area (Å²) in [6.45, 7) is 5.21. The second kappa shape index (κ2) is 5.71. The smallest absolute Gasteiger partial charge is 0.0947 e. The maximum atomic E-state index is 4.59. The Hall–Kier alpha value is -0.750. The van der Waals surface area contributed by atoms with E-state index in [1.54, 1.807) is 11.3 Å². The third kappa shape index (κ3) is 2.89. The summed E-state index contributed by atoms with van der Waals surface area (Å²) in [4.78, 5) is 6.01. The Balaban J connectivity index is 1.85. The molecule has 0 radical (unpaired) electrons. The lowest BCUT2D eigenvalue weighted by Crippen LogP contribution is -2.22. The summed E-state index contributed by atoms with van der Waals surface area (Å²) in [7, 11) is 0. The van der Waals surface area contributed by atoms with E-state index < -0.39 is 0 Å². The molecule has 0 saturated carbocycles. The fraction of sp³-hybridized carbons (Fsp3) is 0.357. The Kier molecular flexibility index (Phi) is 3.98. The highest BCUT2D eigenvalue weighted by atomic mass is 32.1. The van der Waals surface area contributed by atoms with Crippen LogP contribution in [0.5, 0.6) is 0 Å². The first-order valence-corrected chi connectivity index (χ1v) is 8.95. The number of fused-ring (bicyclic) bond motifs is 1. The fourth-order valence-electron chi connectivity index (χ4n) is 2.15. The minimum Gasteiger partial charge on any atom is -0.309 e. The largest absolute Gasteiger partial charge is 0.309 e. The number of aryl methyl sites for hydroxylation is 1. The average Bonchev–Trinajstić information content (AvgIpc) is 3.03. The first kappa shape index (κ1) is 13.2. The number of likely N-dealkylation sites (N-methyl/N-ethyl adjacent to an activating group) is 1. The lowest BCUT2D eigenvalue weighted by Gasteiger charge is -2.14. The normalized spacial score (nSPS) is 13.2. The van der Waals surface area contributed by atoms with Gasteiger partial charge >= 0.3 is 0 Å². The van der Waals surface area contributed by atoms with Crippen molar-refractivity contribution in [2.45, 2.75) is 26.3 Å². The quantitative estimate of drug-likeness (QED) is 0.744. The number of thiophene rings is 2. The van der Waals surface area contributed by atoms with Crippen molar-refractivity contribution in [3.63, 3.8) is 0 Å². The van der Waals surface area contributed by atoms with Crippen molar-refractivity contribution in [1.82, 2.24) is 10.3 Å². The zero-order valence-electron chi connectivity index (χ0n) is 11.0. The van der Waals surface area contributed by atoms with E-state index in [-0.39, 0.29) is 0 Å². The molecule has 100 valence electrons. The second-order valence-electron chi connectivity index (χ2n) is 4.49. The molecule has 0 aromatic carbocycles. The summed E-state index contributed by atoms with van der Waals surface area (Å²) in [5.74, 6) is 0. The minimum atomic E-state index is 0.389. The number of rotatable bonds is 5. The molecule has 0 spiro atoms. The van der Waals surface area contributed by atoms with E-state index in [1.807, 2.05) is 22.7 Å². The van der Waals surface area contributed by atoms with Gasteiger partial charge in [0.2, 0.25) is 0 Å². The molecule has 1 atom stereocenters. The van der Waals surface area contributed by atoms with Gasteiger partial charge in [-0.3, -0.25) is 0 Å². The standard InChI is InChI=1S/C14H16N2S3/c1-3-15-10(6-14-16-9(2)8-18-14)12-7-13-11(19-12)4-5-17-13/h4-5,7-8,10,15H,3,6H2,1-2H3. The molecular formula is C14H16N2S3. The Morgan fingerprint density at radius 1 is 1.32 bits per heavy atom. The third-order valence-electron chi connectivity index (χ3n) is 3.00. The van der Waals surface area contributed by atoms with Crippen molar-refractivity contribution < 1.29 is 0 Å². The second-order valence-corrected chi connectivity index (χ2v) is 7.50. The molecule has 5 heteroatoms. The third-order valence-corrected chi connectivity index (χ3v) is 6.19. The van der Waals surface area contributed by atoms with Crippen LogP contribution in [0.15, 0.2) is 22.9 Å². The van der Waals surface area contributed by atoms with Gasteiger partial charge in [-0.1, -0.05) is 6.92 Å². The zero-order chi connectivity index (χ0) is 13.2. The van der Waals surface area contributed by atoms with Crippen LogP contribution in [0.1, 0.15) is 28.5 Å². The van der Waals surface area contributed by atoms with Crippen LogP contribution in [0.25, 0.3) is 9.40 Å². The van der Waals surface area contributed by atoms with Crippen LogP contribution in [0, 0.1) is 6.92 Å². The monoisotopic (exact) mass is 308 g/mol. The predicted molar refractivity (Wildman–Crippen MR) is 86.7 cm³/mol. The van der Waals surface area contributed by atoms with Gasteiger partial charge in [-0.2, -0.15) is 0 Å². The molecule has 0 saturated heterocycles. The highest BCUT2D eigenvalue weighted by Gasteiger charge is 2.16. The molecule has 0 bridgehead atoms. The van der Waals surface area contributed by atoms with Gasteiger partial charge in [-0.05, 0) is 31.0 Å². The number of nitrogens with zero attached hydrogens (tertiary/aromatic N) is 1. The molecule has 2 nitrogen and oxygen atoms in total. The van der Waals surface area contributed by atoms with E-state index >= 15 is 0 Å². The van der Waals surface area contributed by atoms with Crippen molar-refractivity contribution in [2.75, 3.05) is 6.54 Å². The van der Waals surface area contributed by atoms with Crippen LogP contribution in [0.4, 0.5) is 0 Å². The summed E-state index contributed by atoms with van der Waals surface area (Å²) in [5, 5.41) is 9.11. The highest BCUT2D eigenvalue weighted by molar-refractivity contribution is 7.27. The van der Waals surface area contributed by atoms with Gasteiger partial charge in [0, 0.05) is 37.8 Å². The predicted octanol–water partition coefficient (Wildman–Crippen LogP) is 4.62. The van der Waals surface area contributed by atoms with E-state index in [9.17, 15) is 0 Å². The lowest BCUT2D eigenvalue weighted by molar-refractivity contribution is 0.557. The summed E-state index contributed by atoms with van der Waals surface area (Å²) in [6.07, 6.45) is 0.986. The van der Waals surface area contributed by atoms with Crippen LogP contribution in [-0.2, 0) is 6.42 Å². The van der Waals surface area contributed by atoms with Crippen molar-refractivity contribution in [2.24, 2.45) is 0 Å². The summed E-state index contributed by atoms with van der Waals surface area (Å²) in [6, 6.07) is 4.93. The van der Waals surface area contributed by atoms with Crippen LogP contribution < -0.4 is 5.32 Å². The fourth-order valence-corrected chi connectivity index (χ4v) is 5.16. The number of hydrogen-bond acceptors (Lipinski definition) is 5. The molecule has 1 N–H and O–H groups in total. The molecule has 0 aliphatic heterocycles. The molecule has 19 heavy (non-hydrogen) atoms. The van der Waals surface area contributed by atoms with Gasteiger partial charge in [0.15, 0.2) is 0 Å². The van der Waals surface area contributed by atoms with Gasteiger partial charge in [0.05, 0.1) is 5.01 Å². The van der Waals surface area contributed by atoms with Gasteiger partial charge in [0.25, 0.3) is 0 Å². The molecule has 3 rings (SSSR count). The summed E-state index contributed by atoms with van der Waals surface area (Å²) in [5.41, 5.74) is 1.13. The van der Waals surface area contributed by atoms with E-state index in [0.717, 1.165) is 18.7 Å². The Labute approximate surface area is 125 Å². The van der Waals surface area contributed by atoms with Crippen molar-refractivity contribution in [3.05, 3.63) is 38.5 Å². The molecule has 0 aliphatic rings. The molecule has 1 unspecified atom stereocenters. The molecule has 3 aromatic heterocycles. The minimum absolute atomic E-state index is 0.389. The summed E-state index contributed by atoms with van der Waals surface area (Å²) >= 11 is 5.49. The first-order valence-electron chi connectivity index (χ1n) is 6.37. The summed E-state index contributed by atoms with van der Waals surface area (Å²) < 4.78 is 2.80. The molecule has 0 aliphatic carbocycles. The van der Waals surface area contributed by atoms with Crippen LogP contribution in [0.2, 0.25) is 0 Å². The van der Waals surface area contributed by atoms with Crippen LogP contribution in [-0.4, -0.2) is 11.5 Å². The zero-order valence-corrected chi connectivity index (χ0v) is 13.4. The van der Waals surface area contributed by atoms with Crippen molar-refractivity contribution in [3.8, 4) is 0 Å². The number of hydrogen-bond donors (Lipinski definition) is 1. The average molecular weight is 308 g/mol. The number of aromatic nitrogens is 1. The lowest BCUT2D eigenvalue weighted by atomic mass is 10.2. The van der Waals surface area contributed by atoms with E-state index in [1.165, 1.54) is 19.3 Å². The number of nitrogens with one attached hydrogen (secondary N) is 1. The van der Waals surface area contributed by atoms with Gasteiger partial charge < -0.3 is 5.32 Å². The molecule has 3 aromatic rings. The molecular weight excluding hydrogens is 292 g/mol. The van der Waals surface area contributed by atoms with Crippen LogP contribution in [0.3, 0.4) is 0 Å². The maximum absolute atomic E-state index is 4.59. The first-order chi connectivity index (χ1) is 9.26. The molecule has 0 amide bonds. The Bertz CT molecular complexity index is 636.